The van der Waals surface area contributed by atoms with E-state index in [0.29, 0.717) is 17.1 Å². The molecule has 5 heteroatoms. The van der Waals surface area contributed by atoms with Crippen molar-refractivity contribution in [1.29, 1.82) is 0 Å². The van der Waals surface area contributed by atoms with Gasteiger partial charge in [-0.05, 0) is 35.9 Å². The molecule has 5 nitrogen and oxygen atoms in total. The van der Waals surface area contributed by atoms with Crippen LogP contribution in [0.1, 0.15) is 15.9 Å². The van der Waals surface area contributed by atoms with Crippen LogP contribution in [-0.2, 0) is 0 Å². The van der Waals surface area contributed by atoms with E-state index in [4.69, 9.17) is 14.2 Å². The lowest BCUT2D eigenvalue weighted by Gasteiger charge is -2.08. The number of hydrogen-bond acceptors (Lipinski definition) is 5. The third-order valence-electron chi connectivity index (χ3n) is 3.48. The normalized spacial score (nSPS) is 14.3. The second-order valence-corrected chi connectivity index (χ2v) is 4.88. The van der Waals surface area contributed by atoms with Crippen LogP contribution in [0.2, 0.25) is 0 Å². The monoisotopic (exact) mass is 310 g/mol. The minimum Gasteiger partial charge on any atom is -0.493 e. The van der Waals surface area contributed by atoms with Crippen molar-refractivity contribution in [2.24, 2.45) is 0 Å². The molecule has 2 aromatic rings. The molecule has 0 saturated heterocycles. The van der Waals surface area contributed by atoms with E-state index in [1.54, 1.807) is 49.6 Å². The summed E-state index contributed by atoms with van der Waals surface area (Å²) in [4.78, 5) is 24.3. The van der Waals surface area contributed by atoms with E-state index in [2.05, 4.69) is 0 Å². The zero-order valence-electron chi connectivity index (χ0n) is 12.7. The molecular formula is C18H14O5. The van der Waals surface area contributed by atoms with Crippen LogP contribution in [0.25, 0.3) is 6.08 Å². The van der Waals surface area contributed by atoms with Crippen molar-refractivity contribution < 1.29 is 19.0 Å². The summed E-state index contributed by atoms with van der Waals surface area (Å²) in [6, 6.07) is 11.4. The Kier molecular flexibility index (Phi) is 3.85. The Morgan fingerprint density at radius 1 is 0.957 bits per heavy atom. The lowest BCUT2D eigenvalue weighted by molar-refractivity contribution is 0.101. The van der Waals surface area contributed by atoms with Gasteiger partial charge in [0, 0.05) is 0 Å². The number of ketones is 1. The van der Waals surface area contributed by atoms with E-state index in [9.17, 15) is 9.59 Å². The second-order valence-electron chi connectivity index (χ2n) is 4.88. The average Bonchev–Trinajstić information content (AvgIpc) is 2.75. The number of rotatable bonds is 3. The van der Waals surface area contributed by atoms with Gasteiger partial charge in [-0.2, -0.15) is 0 Å². The van der Waals surface area contributed by atoms with Crippen LogP contribution in [0.3, 0.4) is 0 Å². The molecule has 0 amide bonds. The molecule has 1 heterocycles. The topological polar surface area (TPSA) is 61.8 Å². The number of fused-ring (bicyclic) bond motifs is 1. The van der Waals surface area contributed by atoms with E-state index in [1.807, 2.05) is 0 Å². The van der Waals surface area contributed by atoms with Crippen molar-refractivity contribution in [2.75, 3.05) is 14.2 Å². The SMILES string of the molecule is COc1ccc(/C=C2\Oc3c(ccccc3=O)C2=O)cc1OC. The Balaban J connectivity index is 2.02. The molecule has 0 saturated carbocycles. The number of carbonyl (C=O) groups excluding carboxylic acids is 1. The van der Waals surface area contributed by atoms with Crippen molar-refractivity contribution in [1.82, 2.24) is 0 Å². The fraction of sp³-hybridized carbons (Fsp3) is 0.111. The molecule has 0 aliphatic carbocycles. The molecule has 0 aromatic heterocycles. The number of ether oxygens (including phenoxy) is 3. The summed E-state index contributed by atoms with van der Waals surface area (Å²) in [5.74, 6) is 0.983. The number of benzene rings is 1. The molecule has 3 rings (SSSR count). The Labute approximate surface area is 132 Å². The van der Waals surface area contributed by atoms with E-state index in [-0.39, 0.29) is 28.3 Å². The highest BCUT2D eigenvalue weighted by Crippen LogP contribution is 2.31. The molecule has 0 spiro atoms. The van der Waals surface area contributed by atoms with Gasteiger partial charge in [-0.3, -0.25) is 9.59 Å². The molecule has 0 N–H and O–H groups in total. The standard InChI is InChI=1S/C18H14O5/c1-21-14-8-7-11(9-15(14)22-2)10-16-17(20)12-5-3-4-6-13(19)18(12)23-16/h3-10H,1-2H3/b16-10-. The van der Waals surface area contributed by atoms with Crippen LogP contribution >= 0.6 is 0 Å². The molecule has 2 aromatic carbocycles. The Bertz CT molecular complexity index is 867. The van der Waals surface area contributed by atoms with E-state index >= 15 is 0 Å². The largest absolute Gasteiger partial charge is 0.493 e. The van der Waals surface area contributed by atoms with Gasteiger partial charge in [-0.15, -0.1) is 0 Å². The number of carbonyl (C=O) groups is 1. The predicted molar refractivity (Wildman–Crippen MR) is 85.2 cm³/mol. The number of Topliss-reactive ketones (excluding diaryl/α,β-unsaturated/α-hetero) is 1. The minimum absolute atomic E-state index is 0.0618. The molecule has 1 aliphatic heterocycles. The third-order valence-corrected chi connectivity index (χ3v) is 3.48. The molecule has 1 aliphatic rings. The first kappa shape index (κ1) is 14.8. The van der Waals surface area contributed by atoms with E-state index in [0.717, 1.165) is 0 Å². The maximum atomic E-state index is 12.4. The number of methoxy groups -OCH3 is 2. The van der Waals surface area contributed by atoms with Crippen LogP contribution in [-0.4, -0.2) is 20.0 Å². The van der Waals surface area contributed by atoms with Gasteiger partial charge in [0.25, 0.3) is 0 Å². The zero-order chi connectivity index (χ0) is 16.4. The Hall–Kier alpha value is -3.08. The molecule has 0 atom stereocenters. The fourth-order valence-corrected chi connectivity index (χ4v) is 2.34. The summed E-state index contributed by atoms with van der Waals surface area (Å²) >= 11 is 0. The summed E-state index contributed by atoms with van der Waals surface area (Å²) in [6.07, 6.45) is 1.57. The van der Waals surface area contributed by atoms with Gasteiger partial charge in [0.05, 0.1) is 19.8 Å². The van der Waals surface area contributed by atoms with Crippen LogP contribution < -0.4 is 19.6 Å². The van der Waals surface area contributed by atoms with Gasteiger partial charge in [-0.25, -0.2) is 0 Å². The van der Waals surface area contributed by atoms with Crippen molar-refractivity contribution in [2.45, 2.75) is 0 Å². The molecular weight excluding hydrogens is 296 g/mol. The summed E-state index contributed by atoms with van der Waals surface area (Å²) in [5.41, 5.74) is 0.649. The van der Waals surface area contributed by atoms with Crippen LogP contribution in [0.5, 0.6) is 17.2 Å². The quantitative estimate of drug-likeness (QED) is 0.816. The van der Waals surface area contributed by atoms with E-state index < -0.39 is 0 Å². The molecule has 0 radical (unpaired) electrons. The molecule has 0 bridgehead atoms. The van der Waals surface area contributed by atoms with Gasteiger partial charge in [0.15, 0.2) is 23.0 Å². The first-order valence-corrected chi connectivity index (χ1v) is 6.93. The van der Waals surface area contributed by atoms with Crippen molar-refractivity contribution in [3.63, 3.8) is 0 Å². The van der Waals surface area contributed by atoms with Gasteiger partial charge < -0.3 is 14.2 Å². The minimum atomic E-state index is -0.325. The number of allylic oxidation sites excluding steroid dienone is 1. The summed E-state index contributed by atoms with van der Waals surface area (Å²) in [5, 5.41) is 0. The predicted octanol–water partition coefficient (Wildman–Crippen LogP) is 2.68. The van der Waals surface area contributed by atoms with Crippen LogP contribution in [0.4, 0.5) is 0 Å². The second kappa shape index (κ2) is 5.96. The van der Waals surface area contributed by atoms with Crippen LogP contribution in [0.15, 0.2) is 53.0 Å². The first-order chi connectivity index (χ1) is 11.1. The third kappa shape index (κ3) is 2.68. The molecule has 23 heavy (non-hydrogen) atoms. The molecule has 0 unspecified atom stereocenters. The Morgan fingerprint density at radius 2 is 1.70 bits per heavy atom. The van der Waals surface area contributed by atoms with Gasteiger partial charge in [0.2, 0.25) is 11.2 Å². The lowest BCUT2D eigenvalue weighted by atomic mass is 10.1. The maximum Gasteiger partial charge on any atom is 0.232 e. The highest BCUT2D eigenvalue weighted by atomic mass is 16.5. The zero-order valence-corrected chi connectivity index (χ0v) is 12.7. The van der Waals surface area contributed by atoms with Gasteiger partial charge in [-0.1, -0.05) is 18.2 Å². The number of hydrogen-bond donors (Lipinski definition) is 0. The smallest absolute Gasteiger partial charge is 0.232 e. The summed E-state index contributed by atoms with van der Waals surface area (Å²) in [7, 11) is 3.08. The van der Waals surface area contributed by atoms with Gasteiger partial charge >= 0.3 is 0 Å². The highest BCUT2D eigenvalue weighted by molar-refractivity contribution is 6.14. The summed E-state index contributed by atoms with van der Waals surface area (Å²) < 4.78 is 15.9. The maximum absolute atomic E-state index is 12.4. The fourth-order valence-electron chi connectivity index (χ4n) is 2.34. The van der Waals surface area contributed by atoms with Crippen molar-refractivity contribution in [3.8, 4) is 17.2 Å². The van der Waals surface area contributed by atoms with Crippen molar-refractivity contribution in [3.05, 3.63) is 69.6 Å². The lowest BCUT2D eigenvalue weighted by Crippen LogP contribution is -2.00. The summed E-state index contributed by atoms with van der Waals surface area (Å²) in [6.45, 7) is 0. The Morgan fingerprint density at radius 3 is 2.43 bits per heavy atom. The average molecular weight is 310 g/mol. The highest BCUT2D eigenvalue weighted by Gasteiger charge is 2.28. The van der Waals surface area contributed by atoms with Gasteiger partial charge in [0.1, 0.15) is 0 Å². The van der Waals surface area contributed by atoms with Crippen LogP contribution in [0, 0.1) is 0 Å². The molecule has 0 fully saturated rings. The van der Waals surface area contributed by atoms with Crippen molar-refractivity contribution >= 4 is 11.9 Å². The first-order valence-electron chi connectivity index (χ1n) is 6.93. The van der Waals surface area contributed by atoms with E-state index in [1.165, 1.54) is 13.2 Å². The molecule has 116 valence electrons.